The maximum absolute atomic E-state index is 13.5. The number of hydrogen-bond acceptors (Lipinski definition) is 5. The van der Waals surface area contributed by atoms with E-state index in [4.69, 9.17) is 4.74 Å². The summed E-state index contributed by atoms with van der Waals surface area (Å²) in [6.07, 6.45) is 6.27. The molecule has 1 amide bonds. The number of ether oxygens (including phenoxy) is 1. The highest BCUT2D eigenvalue weighted by Gasteiger charge is 2.46. The van der Waals surface area contributed by atoms with E-state index in [1.54, 1.807) is 17.5 Å². The summed E-state index contributed by atoms with van der Waals surface area (Å²) in [5.41, 5.74) is 3.28. The molecule has 39 heavy (non-hydrogen) atoms. The average Bonchev–Trinajstić information content (AvgIpc) is 3.42. The lowest BCUT2D eigenvalue weighted by atomic mass is 9.96. The van der Waals surface area contributed by atoms with Gasteiger partial charge in [0, 0.05) is 12.7 Å². The standard InChI is InChI=1S/C32H33N3O4/c1-3-4-5-11-20-39-25-17-15-24(16-18-25)29-27(30(36)28-22(2)33-26-14-9-10-19-34(26)28)31(37)32(38)35(29)21-23-12-7-6-8-13-23/h6-10,12-19,29,36H,3-5,11,20-21H2,1-2H3/b30-27+. The largest absolute Gasteiger partial charge is 0.505 e. The van der Waals surface area contributed by atoms with Gasteiger partial charge in [-0.05, 0) is 48.7 Å². The second kappa shape index (κ2) is 11.6. The van der Waals surface area contributed by atoms with Gasteiger partial charge >= 0.3 is 0 Å². The van der Waals surface area contributed by atoms with E-state index >= 15 is 0 Å². The summed E-state index contributed by atoms with van der Waals surface area (Å²) in [6.45, 7) is 4.83. The lowest BCUT2D eigenvalue weighted by Crippen LogP contribution is -2.29. The van der Waals surface area contributed by atoms with Crippen LogP contribution in [0.25, 0.3) is 11.4 Å². The van der Waals surface area contributed by atoms with Gasteiger partial charge in [0.2, 0.25) is 0 Å². The molecule has 3 heterocycles. The SMILES string of the molecule is CCCCCCOc1ccc(C2/C(=C(\O)c3c(C)nc4ccccn34)C(=O)C(=O)N2Cc2ccccc2)cc1. The van der Waals surface area contributed by atoms with Gasteiger partial charge in [-0.3, -0.25) is 14.0 Å². The zero-order chi connectivity index (χ0) is 27.4. The fraction of sp³-hybridized carbons (Fsp3) is 0.281. The molecular formula is C32H33N3O4. The van der Waals surface area contributed by atoms with Crippen LogP contribution in [-0.4, -0.2) is 37.7 Å². The first kappa shape index (κ1) is 26.2. The Morgan fingerprint density at radius 1 is 0.949 bits per heavy atom. The van der Waals surface area contributed by atoms with Crippen LogP contribution in [0.15, 0.2) is 84.6 Å². The molecule has 0 saturated carbocycles. The number of pyridine rings is 1. The number of imidazole rings is 1. The second-order valence-electron chi connectivity index (χ2n) is 9.87. The minimum absolute atomic E-state index is 0.0536. The molecule has 1 unspecified atom stereocenters. The Hall–Kier alpha value is -4.39. The van der Waals surface area contributed by atoms with Crippen LogP contribution in [0.4, 0.5) is 0 Å². The molecule has 0 spiro atoms. The molecule has 1 atom stereocenters. The van der Waals surface area contributed by atoms with E-state index in [0.717, 1.165) is 29.7 Å². The number of carbonyl (C=O) groups excluding carboxylic acids is 2. The summed E-state index contributed by atoms with van der Waals surface area (Å²) < 4.78 is 7.65. The third-order valence-corrected chi connectivity index (χ3v) is 7.13. The number of Topliss-reactive ketones (excluding diaryl/α,β-unsaturated/α-hetero) is 1. The van der Waals surface area contributed by atoms with E-state index in [-0.39, 0.29) is 17.9 Å². The average molecular weight is 524 g/mol. The highest BCUT2D eigenvalue weighted by Crippen LogP contribution is 2.41. The number of carbonyl (C=O) groups is 2. The maximum atomic E-state index is 13.5. The van der Waals surface area contributed by atoms with Crippen molar-refractivity contribution in [3.63, 3.8) is 0 Å². The minimum Gasteiger partial charge on any atom is -0.505 e. The number of aromatic nitrogens is 2. The number of fused-ring (bicyclic) bond motifs is 1. The van der Waals surface area contributed by atoms with Crippen LogP contribution in [0.2, 0.25) is 0 Å². The van der Waals surface area contributed by atoms with Crippen molar-refractivity contribution in [2.45, 2.75) is 52.1 Å². The van der Waals surface area contributed by atoms with Crippen molar-refractivity contribution in [1.29, 1.82) is 0 Å². The molecule has 1 aliphatic rings. The third kappa shape index (κ3) is 5.30. The van der Waals surface area contributed by atoms with Crippen molar-refractivity contribution in [2.24, 2.45) is 0 Å². The number of aliphatic hydroxyl groups is 1. The molecule has 2 aromatic carbocycles. The quantitative estimate of drug-likeness (QED) is 0.115. The predicted octanol–water partition coefficient (Wildman–Crippen LogP) is 6.22. The van der Waals surface area contributed by atoms with Crippen molar-refractivity contribution >= 4 is 23.1 Å². The fourth-order valence-electron chi connectivity index (χ4n) is 5.16. The van der Waals surface area contributed by atoms with Gasteiger partial charge in [0.05, 0.1) is 23.9 Å². The van der Waals surface area contributed by atoms with Crippen LogP contribution in [0, 0.1) is 6.92 Å². The van der Waals surface area contributed by atoms with Gasteiger partial charge < -0.3 is 14.7 Å². The molecule has 0 radical (unpaired) electrons. The second-order valence-corrected chi connectivity index (χ2v) is 9.87. The van der Waals surface area contributed by atoms with Crippen LogP contribution in [0.1, 0.15) is 61.2 Å². The number of ketones is 1. The van der Waals surface area contributed by atoms with Crippen LogP contribution >= 0.6 is 0 Å². The number of benzene rings is 2. The molecule has 0 aliphatic carbocycles. The Kier molecular flexibility index (Phi) is 7.77. The minimum atomic E-state index is -0.766. The highest BCUT2D eigenvalue weighted by atomic mass is 16.5. The molecule has 1 aliphatic heterocycles. The van der Waals surface area contributed by atoms with E-state index in [2.05, 4.69) is 11.9 Å². The molecular weight excluding hydrogens is 490 g/mol. The molecule has 7 heteroatoms. The Balaban J connectivity index is 1.55. The first-order chi connectivity index (χ1) is 19.0. The molecule has 5 rings (SSSR count). The Morgan fingerprint density at radius 3 is 2.44 bits per heavy atom. The van der Waals surface area contributed by atoms with E-state index in [1.807, 2.05) is 72.8 Å². The van der Waals surface area contributed by atoms with E-state index in [0.29, 0.717) is 23.6 Å². The maximum Gasteiger partial charge on any atom is 0.295 e. The van der Waals surface area contributed by atoms with E-state index in [1.165, 1.54) is 17.7 Å². The first-order valence-electron chi connectivity index (χ1n) is 13.5. The van der Waals surface area contributed by atoms with Gasteiger partial charge in [0.25, 0.3) is 11.7 Å². The molecule has 1 N–H and O–H groups in total. The summed E-state index contributed by atoms with van der Waals surface area (Å²) in [6, 6.07) is 21.7. The topological polar surface area (TPSA) is 84.1 Å². The lowest BCUT2D eigenvalue weighted by molar-refractivity contribution is -0.140. The van der Waals surface area contributed by atoms with Crippen LogP contribution in [0.5, 0.6) is 5.75 Å². The number of nitrogens with zero attached hydrogens (tertiary/aromatic N) is 3. The molecule has 7 nitrogen and oxygen atoms in total. The molecule has 0 bridgehead atoms. The van der Waals surface area contributed by atoms with Crippen molar-refractivity contribution in [1.82, 2.24) is 14.3 Å². The van der Waals surface area contributed by atoms with Gasteiger partial charge in [0.15, 0.2) is 5.76 Å². The lowest BCUT2D eigenvalue weighted by Gasteiger charge is -2.25. The zero-order valence-corrected chi connectivity index (χ0v) is 22.3. The molecule has 2 aromatic heterocycles. The number of aryl methyl sites for hydroxylation is 1. The number of rotatable bonds is 10. The summed E-state index contributed by atoms with van der Waals surface area (Å²) in [5, 5.41) is 11.6. The van der Waals surface area contributed by atoms with Crippen LogP contribution < -0.4 is 4.74 Å². The summed E-state index contributed by atoms with van der Waals surface area (Å²) >= 11 is 0. The van der Waals surface area contributed by atoms with Gasteiger partial charge in [-0.2, -0.15) is 0 Å². The number of amides is 1. The smallest absolute Gasteiger partial charge is 0.295 e. The Morgan fingerprint density at radius 2 is 1.69 bits per heavy atom. The highest BCUT2D eigenvalue weighted by molar-refractivity contribution is 6.46. The number of likely N-dealkylation sites (tertiary alicyclic amines) is 1. The van der Waals surface area contributed by atoms with Gasteiger partial charge in [-0.25, -0.2) is 4.98 Å². The number of aliphatic hydroxyl groups excluding tert-OH is 1. The zero-order valence-electron chi connectivity index (χ0n) is 22.3. The Labute approximate surface area is 228 Å². The summed E-state index contributed by atoms with van der Waals surface area (Å²) in [5.74, 6) is -0.864. The van der Waals surface area contributed by atoms with Crippen molar-refractivity contribution in [2.75, 3.05) is 6.61 Å². The summed E-state index contributed by atoms with van der Waals surface area (Å²) in [4.78, 5) is 33.0. The normalized spacial score (nSPS) is 16.8. The van der Waals surface area contributed by atoms with Crippen molar-refractivity contribution in [3.8, 4) is 5.75 Å². The van der Waals surface area contributed by atoms with Crippen LogP contribution in [-0.2, 0) is 16.1 Å². The van der Waals surface area contributed by atoms with Gasteiger partial charge in [-0.15, -0.1) is 0 Å². The molecule has 1 fully saturated rings. The van der Waals surface area contributed by atoms with E-state index < -0.39 is 17.7 Å². The molecule has 1 saturated heterocycles. The number of hydrogen-bond donors (Lipinski definition) is 1. The monoisotopic (exact) mass is 523 g/mol. The van der Waals surface area contributed by atoms with Crippen molar-refractivity contribution in [3.05, 3.63) is 107 Å². The predicted molar refractivity (Wildman–Crippen MR) is 150 cm³/mol. The van der Waals surface area contributed by atoms with Crippen LogP contribution in [0.3, 0.4) is 0 Å². The molecule has 200 valence electrons. The fourth-order valence-corrected chi connectivity index (χ4v) is 5.16. The van der Waals surface area contributed by atoms with Gasteiger partial charge in [0.1, 0.15) is 17.1 Å². The molecule has 4 aromatic rings. The third-order valence-electron chi connectivity index (χ3n) is 7.13. The Bertz CT molecular complexity index is 1510. The van der Waals surface area contributed by atoms with Crippen molar-refractivity contribution < 1.29 is 19.4 Å². The van der Waals surface area contributed by atoms with E-state index in [9.17, 15) is 14.7 Å². The number of unbranched alkanes of at least 4 members (excludes halogenated alkanes) is 3. The first-order valence-corrected chi connectivity index (χ1v) is 13.5. The summed E-state index contributed by atoms with van der Waals surface area (Å²) in [7, 11) is 0. The van der Waals surface area contributed by atoms with Gasteiger partial charge in [-0.1, -0.05) is 74.7 Å².